The predicted octanol–water partition coefficient (Wildman–Crippen LogP) is 2.72. The van der Waals surface area contributed by atoms with Crippen molar-refractivity contribution >= 4 is 47.2 Å². The Morgan fingerprint density at radius 2 is 1.83 bits per heavy atom. The van der Waals surface area contributed by atoms with Crippen molar-refractivity contribution in [2.75, 3.05) is 46.8 Å². The third kappa shape index (κ3) is 7.60. The monoisotopic (exact) mass is 527 g/mol. The summed E-state index contributed by atoms with van der Waals surface area (Å²) in [5.74, 6) is 0.834. The smallest absolute Gasteiger partial charge is 0.243 e. The molecule has 1 aliphatic rings. The molecule has 0 unspecified atom stereocenters. The highest BCUT2D eigenvalue weighted by molar-refractivity contribution is 14.0. The molecule has 0 spiro atoms. The second-order valence-electron chi connectivity index (χ2n) is 7.11. The summed E-state index contributed by atoms with van der Waals surface area (Å²) in [6, 6.07) is 14.7. The number of likely N-dealkylation sites (N-methyl/N-ethyl adjacent to an activating group) is 1. The highest BCUT2D eigenvalue weighted by Crippen LogP contribution is 2.10. The van der Waals surface area contributed by atoms with E-state index in [0.717, 1.165) is 45.2 Å². The summed E-state index contributed by atoms with van der Waals surface area (Å²) >= 11 is 1.72. The molecule has 0 bridgehead atoms. The summed E-state index contributed by atoms with van der Waals surface area (Å²) < 4.78 is 0. The first-order valence-electron chi connectivity index (χ1n) is 9.64. The Balaban J connectivity index is 0.00000300. The molecule has 1 aromatic carbocycles. The highest BCUT2D eigenvalue weighted by Gasteiger charge is 2.20. The van der Waals surface area contributed by atoms with Gasteiger partial charge in [-0.15, -0.1) is 35.3 Å². The summed E-state index contributed by atoms with van der Waals surface area (Å²) in [4.78, 5) is 24.2. The average Bonchev–Trinajstić information content (AvgIpc) is 3.23. The van der Waals surface area contributed by atoms with Gasteiger partial charge in [0.1, 0.15) is 6.54 Å². The zero-order chi connectivity index (χ0) is 19.8. The van der Waals surface area contributed by atoms with E-state index in [0.29, 0.717) is 0 Å². The quantitative estimate of drug-likeness (QED) is 0.357. The molecule has 1 fully saturated rings. The van der Waals surface area contributed by atoms with Crippen molar-refractivity contribution in [3.63, 3.8) is 0 Å². The normalized spacial score (nSPS) is 15.0. The number of carbonyl (C=O) groups excluding carboxylic acids is 1. The Labute approximate surface area is 194 Å². The number of hydrogen-bond acceptors (Lipinski definition) is 4. The fraction of sp³-hybridized carbons (Fsp3) is 0.429. The number of hydrogen-bond donors (Lipinski definition) is 1. The molecule has 1 amide bonds. The van der Waals surface area contributed by atoms with Gasteiger partial charge in [0.15, 0.2) is 5.96 Å². The second-order valence-corrected chi connectivity index (χ2v) is 8.14. The summed E-state index contributed by atoms with van der Waals surface area (Å²) in [7, 11) is 3.53. The van der Waals surface area contributed by atoms with E-state index < -0.39 is 0 Å². The number of nitrogens with zero attached hydrogens (tertiary/aromatic N) is 4. The van der Waals surface area contributed by atoms with Crippen LogP contribution in [0.3, 0.4) is 0 Å². The van der Waals surface area contributed by atoms with Gasteiger partial charge in [0.25, 0.3) is 0 Å². The van der Waals surface area contributed by atoms with E-state index in [9.17, 15) is 4.79 Å². The Morgan fingerprint density at radius 1 is 1.10 bits per heavy atom. The number of guanidine groups is 1. The third-order valence-electron chi connectivity index (χ3n) is 4.78. The Hall–Kier alpha value is -1.65. The lowest BCUT2D eigenvalue weighted by atomic mass is 10.2. The van der Waals surface area contributed by atoms with Crippen molar-refractivity contribution in [2.24, 2.45) is 4.99 Å². The van der Waals surface area contributed by atoms with E-state index in [1.54, 1.807) is 30.3 Å². The van der Waals surface area contributed by atoms with Crippen molar-refractivity contribution in [1.29, 1.82) is 0 Å². The number of thiophene rings is 1. The van der Waals surface area contributed by atoms with E-state index in [1.165, 1.54) is 10.4 Å². The van der Waals surface area contributed by atoms with E-state index in [1.807, 2.05) is 0 Å². The molecular weight excluding hydrogens is 497 g/mol. The molecule has 0 atom stereocenters. The number of carbonyl (C=O) groups is 1. The van der Waals surface area contributed by atoms with Gasteiger partial charge in [-0.3, -0.25) is 9.69 Å². The molecule has 0 saturated carbocycles. The highest BCUT2D eigenvalue weighted by atomic mass is 127. The average molecular weight is 527 g/mol. The molecule has 0 aliphatic carbocycles. The number of rotatable bonds is 6. The van der Waals surface area contributed by atoms with Crippen molar-refractivity contribution in [3.8, 4) is 0 Å². The van der Waals surface area contributed by atoms with Crippen LogP contribution in [0.25, 0.3) is 0 Å². The lowest BCUT2D eigenvalue weighted by molar-refractivity contribution is -0.127. The summed E-state index contributed by atoms with van der Waals surface area (Å²) in [5, 5.41) is 5.52. The van der Waals surface area contributed by atoms with E-state index >= 15 is 0 Å². The van der Waals surface area contributed by atoms with Gasteiger partial charge in [-0.1, -0.05) is 36.4 Å². The van der Waals surface area contributed by atoms with Crippen LogP contribution >= 0.6 is 35.3 Å². The number of nitrogens with one attached hydrogen (secondary N) is 1. The van der Waals surface area contributed by atoms with Crippen molar-refractivity contribution in [2.45, 2.75) is 13.1 Å². The van der Waals surface area contributed by atoms with Crippen molar-refractivity contribution in [3.05, 3.63) is 58.3 Å². The molecule has 2 heterocycles. The van der Waals surface area contributed by atoms with Gasteiger partial charge in [0.05, 0.1) is 6.54 Å². The maximum absolute atomic E-state index is 12.0. The van der Waals surface area contributed by atoms with Crippen molar-refractivity contribution in [1.82, 2.24) is 20.0 Å². The maximum atomic E-state index is 12.0. The maximum Gasteiger partial charge on any atom is 0.243 e. The molecule has 2 aromatic rings. The van der Waals surface area contributed by atoms with Gasteiger partial charge in [-0.2, -0.15) is 0 Å². The Bertz CT molecular complexity index is 759. The minimum Gasteiger partial charge on any atom is -0.351 e. The fourth-order valence-electron chi connectivity index (χ4n) is 3.09. The molecular formula is C21H30IN5OS. The van der Waals surface area contributed by atoms with Crippen molar-refractivity contribution < 1.29 is 4.79 Å². The zero-order valence-electron chi connectivity index (χ0n) is 17.1. The largest absolute Gasteiger partial charge is 0.351 e. The third-order valence-corrected chi connectivity index (χ3v) is 5.66. The van der Waals surface area contributed by atoms with Crippen LogP contribution in [-0.4, -0.2) is 73.4 Å². The number of amides is 1. The fourth-order valence-corrected chi connectivity index (χ4v) is 3.73. The lowest BCUT2D eigenvalue weighted by Crippen LogP contribution is -2.52. The molecule has 6 nitrogen and oxygen atoms in total. The standard InChI is InChI=1S/C21H29N5OS.HI/c1-24(2)20(27)16-23-21(22-15-19-9-6-14-28-19)26-12-10-25(11-13-26)17-18-7-4-3-5-8-18;/h3-9,14H,10-13,15-17H2,1-2H3,(H,22,23);1H. The van der Waals surface area contributed by atoms with Crippen LogP contribution in [0.2, 0.25) is 0 Å². The van der Waals surface area contributed by atoms with Crippen LogP contribution in [0, 0.1) is 0 Å². The van der Waals surface area contributed by atoms with Gasteiger partial charge in [0.2, 0.25) is 5.91 Å². The number of benzene rings is 1. The summed E-state index contributed by atoms with van der Waals surface area (Å²) in [5.41, 5.74) is 1.34. The first kappa shape index (κ1) is 23.6. The van der Waals surface area contributed by atoms with Crippen LogP contribution in [0.1, 0.15) is 10.4 Å². The van der Waals surface area contributed by atoms with Crippen LogP contribution in [0.15, 0.2) is 52.8 Å². The SMILES string of the molecule is CN(C)C(=O)CN=C(NCc1cccs1)N1CCN(Cc2ccccc2)CC1.I. The van der Waals surface area contributed by atoms with E-state index in [4.69, 9.17) is 0 Å². The lowest BCUT2D eigenvalue weighted by Gasteiger charge is -2.36. The van der Waals surface area contributed by atoms with Gasteiger partial charge >= 0.3 is 0 Å². The topological polar surface area (TPSA) is 51.2 Å². The molecule has 1 aromatic heterocycles. The molecule has 1 saturated heterocycles. The first-order valence-corrected chi connectivity index (χ1v) is 10.5. The first-order chi connectivity index (χ1) is 13.6. The van der Waals surface area contributed by atoms with Gasteiger partial charge in [-0.05, 0) is 17.0 Å². The van der Waals surface area contributed by atoms with Gasteiger partial charge in [0, 0.05) is 51.7 Å². The van der Waals surface area contributed by atoms with Crippen LogP contribution in [-0.2, 0) is 17.9 Å². The summed E-state index contributed by atoms with van der Waals surface area (Å²) in [6.45, 7) is 5.65. The molecule has 1 aliphatic heterocycles. The number of piperazine rings is 1. The zero-order valence-corrected chi connectivity index (χ0v) is 20.2. The Kier molecular flexibility index (Phi) is 9.89. The van der Waals surface area contributed by atoms with Crippen LogP contribution in [0.5, 0.6) is 0 Å². The number of aliphatic imine (C=N–C) groups is 1. The molecule has 0 radical (unpaired) electrons. The Morgan fingerprint density at radius 3 is 2.45 bits per heavy atom. The number of halogens is 1. The molecule has 3 rings (SSSR count). The van der Waals surface area contributed by atoms with E-state index in [2.05, 4.69) is 68.0 Å². The molecule has 8 heteroatoms. The molecule has 158 valence electrons. The minimum absolute atomic E-state index is 0. The molecule has 29 heavy (non-hydrogen) atoms. The predicted molar refractivity (Wildman–Crippen MR) is 131 cm³/mol. The van der Waals surface area contributed by atoms with Crippen LogP contribution in [0.4, 0.5) is 0 Å². The van der Waals surface area contributed by atoms with E-state index in [-0.39, 0.29) is 36.4 Å². The van der Waals surface area contributed by atoms with Gasteiger partial charge < -0.3 is 15.1 Å². The van der Waals surface area contributed by atoms with Gasteiger partial charge in [-0.25, -0.2) is 4.99 Å². The minimum atomic E-state index is 0. The second kappa shape index (κ2) is 12.1. The summed E-state index contributed by atoms with van der Waals surface area (Å²) in [6.07, 6.45) is 0. The van der Waals surface area contributed by atoms with Crippen LogP contribution < -0.4 is 5.32 Å². The molecule has 1 N–H and O–H groups in total.